The van der Waals surface area contributed by atoms with Gasteiger partial charge in [0.15, 0.2) is 0 Å². The van der Waals surface area contributed by atoms with Crippen molar-refractivity contribution < 1.29 is 9.50 Å². The number of benzene rings is 2. The van der Waals surface area contributed by atoms with Crippen molar-refractivity contribution in [1.29, 1.82) is 0 Å². The van der Waals surface area contributed by atoms with Crippen molar-refractivity contribution in [3.8, 4) is 0 Å². The fourth-order valence-corrected chi connectivity index (χ4v) is 2.67. The molecule has 0 radical (unpaired) electrons. The van der Waals surface area contributed by atoms with E-state index in [1.165, 1.54) is 12.1 Å². The van der Waals surface area contributed by atoms with E-state index in [1.807, 2.05) is 31.3 Å². The Morgan fingerprint density at radius 1 is 1.19 bits per heavy atom. The van der Waals surface area contributed by atoms with Gasteiger partial charge in [-0.3, -0.25) is 4.68 Å². The van der Waals surface area contributed by atoms with Crippen LogP contribution in [0, 0.1) is 5.82 Å². The molecule has 0 aliphatic heterocycles. The molecule has 0 saturated carbocycles. The Labute approximate surface area is 122 Å². The number of halogens is 1. The molecule has 0 aliphatic rings. The second-order valence-corrected chi connectivity index (χ2v) is 5.55. The standard InChI is InChI=1S/C17H17FN2O/c1-17(21,12-6-5-7-13(18)10-12)11-15-14-8-3-4-9-16(14)20(2)19-15/h3-10,21H,11H2,1-2H3. The summed E-state index contributed by atoms with van der Waals surface area (Å²) >= 11 is 0. The summed E-state index contributed by atoms with van der Waals surface area (Å²) in [6.45, 7) is 1.69. The monoisotopic (exact) mass is 284 g/mol. The van der Waals surface area contributed by atoms with Crippen LogP contribution >= 0.6 is 0 Å². The van der Waals surface area contributed by atoms with Gasteiger partial charge in [-0.05, 0) is 30.7 Å². The normalized spacial score (nSPS) is 14.3. The lowest BCUT2D eigenvalue weighted by Crippen LogP contribution is -2.24. The quantitative estimate of drug-likeness (QED) is 0.802. The maximum Gasteiger partial charge on any atom is 0.123 e. The van der Waals surface area contributed by atoms with Gasteiger partial charge in [-0.2, -0.15) is 5.10 Å². The summed E-state index contributed by atoms with van der Waals surface area (Å²) in [5, 5.41) is 16.2. The predicted molar refractivity (Wildman–Crippen MR) is 80.4 cm³/mol. The Morgan fingerprint density at radius 3 is 2.71 bits per heavy atom. The highest BCUT2D eigenvalue weighted by atomic mass is 19.1. The van der Waals surface area contributed by atoms with Crippen LogP contribution in [0.5, 0.6) is 0 Å². The van der Waals surface area contributed by atoms with Crippen LogP contribution in [0.3, 0.4) is 0 Å². The number of aryl methyl sites for hydroxylation is 1. The summed E-state index contributed by atoms with van der Waals surface area (Å²) in [4.78, 5) is 0. The fraction of sp³-hybridized carbons (Fsp3) is 0.235. The molecular weight excluding hydrogens is 267 g/mol. The fourth-order valence-electron chi connectivity index (χ4n) is 2.67. The smallest absolute Gasteiger partial charge is 0.123 e. The summed E-state index contributed by atoms with van der Waals surface area (Å²) in [5.41, 5.74) is 1.21. The number of para-hydroxylation sites is 1. The Morgan fingerprint density at radius 2 is 1.95 bits per heavy atom. The summed E-state index contributed by atoms with van der Waals surface area (Å²) in [5.74, 6) is -0.348. The second kappa shape index (κ2) is 4.97. The molecule has 3 rings (SSSR count). The molecule has 21 heavy (non-hydrogen) atoms. The minimum Gasteiger partial charge on any atom is -0.385 e. The van der Waals surface area contributed by atoms with E-state index in [1.54, 1.807) is 23.7 Å². The number of aliphatic hydroxyl groups is 1. The van der Waals surface area contributed by atoms with Crippen molar-refractivity contribution in [3.63, 3.8) is 0 Å². The number of hydrogen-bond acceptors (Lipinski definition) is 2. The average Bonchev–Trinajstić information content (AvgIpc) is 2.75. The molecule has 108 valence electrons. The van der Waals surface area contributed by atoms with E-state index in [0.29, 0.717) is 12.0 Å². The first kappa shape index (κ1) is 13.8. The maximum atomic E-state index is 13.4. The molecule has 0 bridgehead atoms. The number of fused-ring (bicyclic) bond motifs is 1. The Bertz CT molecular complexity index is 792. The number of hydrogen-bond donors (Lipinski definition) is 1. The van der Waals surface area contributed by atoms with Gasteiger partial charge in [0.2, 0.25) is 0 Å². The van der Waals surface area contributed by atoms with Crippen LogP contribution < -0.4 is 0 Å². The van der Waals surface area contributed by atoms with E-state index in [2.05, 4.69) is 5.10 Å². The first-order chi connectivity index (χ1) is 9.97. The van der Waals surface area contributed by atoms with Crippen LogP contribution in [0.2, 0.25) is 0 Å². The van der Waals surface area contributed by atoms with Gasteiger partial charge >= 0.3 is 0 Å². The lowest BCUT2D eigenvalue weighted by Gasteiger charge is -2.23. The molecule has 0 aliphatic carbocycles. The van der Waals surface area contributed by atoms with Crippen molar-refractivity contribution >= 4 is 10.9 Å². The minimum atomic E-state index is -1.17. The van der Waals surface area contributed by atoms with E-state index >= 15 is 0 Å². The van der Waals surface area contributed by atoms with Crippen molar-refractivity contribution in [3.05, 3.63) is 65.6 Å². The van der Waals surface area contributed by atoms with Crippen molar-refractivity contribution in [1.82, 2.24) is 9.78 Å². The highest BCUT2D eigenvalue weighted by molar-refractivity contribution is 5.82. The van der Waals surface area contributed by atoms with Gasteiger partial charge in [-0.1, -0.05) is 30.3 Å². The number of aromatic nitrogens is 2. The summed E-state index contributed by atoms with van der Waals surface area (Å²) in [6, 6.07) is 14.0. The molecule has 4 heteroatoms. The molecule has 1 aromatic heterocycles. The summed E-state index contributed by atoms with van der Waals surface area (Å²) in [6.07, 6.45) is 0.331. The molecular formula is C17H17FN2O. The van der Waals surface area contributed by atoms with Crippen LogP contribution in [-0.2, 0) is 19.1 Å². The molecule has 1 unspecified atom stereocenters. The first-order valence-corrected chi connectivity index (χ1v) is 6.86. The molecule has 0 spiro atoms. The topological polar surface area (TPSA) is 38.0 Å². The van der Waals surface area contributed by atoms with Gasteiger partial charge in [0.05, 0.1) is 16.8 Å². The van der Waals surface area contributed by atoms with Crippen molar-refractivity contribution in [2.45, 2.75) is 18.9 Å². The number of nitrogens with zero attached hydrogens (tertiary/aromatic N) is 2. The lowest BCUT2D eigenvalue weighted by molar-refractivity contribution is 0.0564. The third-order valence-corrected chi connectivity index (χ3v) is 3.79. The van der Waals surface area contributed by atoms with Crippen LogP contribution in [0.25, 0.3) is 10.9 Å². The highest BCUT2D eigenvalue weighted by Crippen LogP contribution is 2.28. The van der Waals surface area contributed by atoms with Gasteiger partial charge in [0, 0.05) is 18.9 Å². The third kappa shape index (κ3) is 2.54. The molecule has 3 nitrogen and oxygen atoms in total. The molecule has 3 aromatic rings. The molecule has 0 saturated heterocycles. The maximum absolute atomic E-state index is 13.4. The lowest BCUT2D eigenvalue weighted by atomic mass is 9.90. The minimum absolute atomic E-state index is 0.331. The van der Waals surface area contributed by atoms with Crippen LogP contribution in [0.1, 0.15) is 18.2 Å². The zero-order chi connectivity index (χ0) is 15.0. The van der Waals surface area contributed by atoms with Gasteiger partial charge < -0.3 is 5.11 Å². The van der Waals surface area contributed by atoms with Crippen LogP contribution in [0.4, 0.5) is 4.39 Å². The van der Waals surface area contributed by atoms with Gasteiger partial charge in [0.1, 0.15) is 5.82 Å². The van der Waals surface area contributed by atoms with Gasteiger partial charge in [0.25, 0.3) is 0 Å². The Kier molecular flexibility index (Phi) is 3.26. The zero-order valence-electron chi connectivity index (χ0n) is 12.0. The highest BCUT2D eigenvalue weighted by Gasteiger charge is 2.26. The average molecular weight is 284 g/mol. The van der Waals surface area contributed by atoms with E-state index in [9.17, 15) is 9.50 Å². The van der Waals surface area contributed by atoms with Crippen molar-refractivity contribution in [2.24, 2.45) is 7.05 Å². The van der Waals surface area contributed by atoms with Crippen LogP contribution in [0.15, 0.2) is 48.5 Å². The molecule has 0 amide bonds. The largest absolute Gasteiger partial charge is 0.385 e. The third-order valence-electron chi connectivity index (χ3n) is 3.79. The molecule has 1 heterocycles. The van der Waals surface area contributed by atoms with E-state index in [0.717, 1.165) is 16.6 Å². The first-order valence-electron chi connectivity index (χ1n) is 6.86. The Hall–Kier alpha value is -2.20. The van der Waals surface area contributed by atoms with E-state index < -0.39 is 5.60 Å². The van der Waals surface area contributed by atoms with E-state index in [4.69, 9.17) is 0 Å². The summed E-state index contributed by atoms with van der Waals surface area (Å²) < 4.78 is 15.2. The second-order valence-electron chi connectivity index (χ2n) is 5.55. The molecule has 1 atom stereocenters. The molecule has 0 fully saturated rings. The zero-order valence-corrected chi connectivity index (χ0v) is 12.0. The van der Waals surface area contributed by atoms with Crippen molar-refractivity contribution in [2.75, 3.05) is 0 Å². The SMILES string of the molecule is Cn1nc(CC(C)(O)c2cccc(F)c2)c2ccccc21. The Balaban J connectivity index is 2.01. The van der Waals surface area contributed by atoms with Crippen LogP contribution in [-0.4, -0.2) is 14.9 Å². The van der Waals surface area contributed by atoms with Gasteiger partial charge in [-0.15, -0.1) is 0 Å². The van der Waals surface area contributed by atoms with E-state index in [-0.39, 0.29) is 5.82 Å². The molecule has 1 N–H and O–H groups in total. The molecule has 2 aromatic carbocycles. The number of rotatable bonds is 3. The summed E-state index contributed by atoms with van der Waals surface area (Å²) in [7, 11) is 1.88. The van der Waals surface area contributed by atoms with Gasteiger partial charge in [-0.25, -0.2) is 4.39 Å². The predicted octanol–water partition coefficient (Wildman–Crippen LogP) is 3.16.